The number of tetrazole rings is 1. The van der Waals surface area contributed by atoms with Gasteiger partial charge in [-0.3, -0.25) is 0 Å². The third-order valence-corrected chi connectivity index (χ3v) is 2.38. The van der Waals surface area contributed by atoms with Gasteiger partial charge in [-0.2, -0.15) is 0 Å². The molecule has 8 heteroatoms. The Morgan fingerprint density at radius 2 is 2.27 bits per heavy atom. The van der Waals surface area contributed by atoms with E-state index in [-0.39, 0.29) is 0 Å². The lowest BCUT2D eigenvalue weighted by Gasteiger charge is -2.05. The average Bonchev–Trinajstić information content (AvgIpc) is 2.34. The van der Waals surface area contributed by atoms with Gasteiger partial charge < -0.3 is 0 Å². The van der Waals surface area contributed by atoms with E-state index in [1.165, 1.54) is 13.3 Å². The maximum atomic E-state index is 10.7. The second-order valence-corrected chi connectivity index (χ2v) is 3.84. The van der Waals surface area contributed by atoms with Gasteiger partial charge in [0.25, 0.3) is 0 Å². The minimum atomic E-state index is -3.61. The molecule has 2 N–H and O–H groups in total. The highest BCUT2D eigenvalue weighted by atomic mass is 32.2. The van der Waals surface area contributed by atoms with E-state index < -0.39 is 15.4 Å². The fourth-order valence-electron chi connectivity index (χ4n) is 0.486. The summed E-state index contributed by atoms with van der Waals surface area (Å²) in [4.78, 5) is 0. The minimum Gasteiger partial charge on any atom is -0.227 e. The van der Waals surface area contributed by atoms with Crippen molar-refractivity contribution in [1.29, 1.82) is 0 Å². The first-order chi connectivity index (χ1) is 5.02. The van der Waals surface area contributed by atoms with E-state index in [2.05, 4.69) is 15.5 Å². The largest absolute Gasteiger partial charge is 0.232 e. The summed E-state index contributed by atoms with van der Waals surface area (Å²) >= 11 is 0. The predicted molar refractivity (Wildman–Crippen MR) is 35.6 cm³/mol. The van der Waals surface area contributed by atoms with Crippen molar-refractivity contribution >= 4 is 10.0 Å². The van der Waals surface area contributed by atoms with Crippen molar-refractivity contribution in [3.05, 3.63) is 6.33 Å². The van der Waals surface area contributed by atoms with Crippen molar-refractivity contribution < 1.29 is 8.42 Å². The molecule has 62 valence electrons. The lowest BCUT2D eigenvalue weighted by Crippen LogP contribution is -2.24. The first kappa shape index (κ1) is 8.08. The molecular formula is C3H7N5O2S. The summed E-state index contributed by atoms with van der Waals surface area (Å²) in [6, 6.07) is 0. The molecule has 7 nitrogen and oxygen atoms in total. The molecule has 1 aromatic rings. The zero-order valence-electron chi connectivity index (χ0n) is 5.75. The molecule has 0 aliphatic rings. The Morgan fingerprint density at radius 3 is 2.64 bits per heavy atom. The van der Waals surface area contributed by atoms with E-state index in [0.29, 0.717) is 0 Å². The maximum absolute atomic E-state index is 10.7. The van der Waals surface area contributed by atoms with Crippen LogP contribution in [0.4, 0.5) is 0 Å². The van der Waals surface area contributed by atoms with E-state index in [9.17, 15) is 8.42 Å². The van der Waals surface area contributed by atoms with E-state index >= 15 is 0 Å². The zero-order valence-corrected chi connectivity index (χ0v) is 6.56. The lowest BCUT2D eigenvalue weighted by atomic mass is 10.8. The van der Waals surface area contributed by atoms with Gasteiger partial charge in [0.1, 0.15) is 6.33 Å². The van der Waals surface area contributed by atoms with Gasteiger partial charge in [-0.05, 0) is 17.4 Å². The Morgan fingerprint density at radius 1 is 1.64 bits per heavy atom. The van der Waals surface area contributed by atoms with Crippen molar-refractivity contribution in [2.75, 3.05) is 0 Å². The molecule has 0 amide bonds. The predicted octanol–water partition coefficient (Wildman–Crippen LogP) is -1.52. The number of nitrogens with two attached hydrogens (primary N) is 1. The number of primary sulfonamides is 1. The van der Waals surface area contributed by atoms with Crippen LogP contribution in [0, 0.1) is 0 Å². The third kappa shape index (κ3) is 1.71. The monoisotopic (exact) mass is 177 g/mol. The van der Waals surface area contributed by atoms with Crippen LogP contribution in [0.1, 0.15) is 12.3 Å². The van der Waals surface area contributed by atoms with Crippen LogP contribution in [0.5, 0.6) is 0 Å². The van der Waals surface area contributed by atoms with Crippen LogP contribution in [0.2, 0.25) is 0 Å². The highest BCUT2D eigenvalue weighted by Crippen LogP contribution is 2.05. The van der Waals surface area contributed by atoms with Crippen molar-refractivity contribution in [1.82, 2.24) is 20.2 Å². The van der Waals surface area contributed by atoms with E-state index in [1.807, 2.05) is 0 Å². The smallest absolute Gasteiger partial charge is 0.227 e. The zero-order chi connectivity index (χ0) is 8.48. The van der Waals surface area contributed by atoms with Crippen LogP contribution in [0.15, 0.2) is 6.33 Å². The molecule has 1 aromatic heterocycles. The van der Waals surface area contributed by atoms with Gasteiger partial charge in [0, 0.05) is 0 Å². The third-order valence-electron chi connectivity index (χ3n) is 1.21. The Labute approximate surface area is 63.2 Å². The average molecular weight is 177 g/mol. The van der Waals surface area contributed by atoms with Gasteiger partial charge in [0.2, 0.25) is 10.0 Å². The molecule has 0 fully saturated rings. The van der Waals surface area contributed by atoms with Gasteiger partial charge in [0.05, 0.1) is 0 Å². The molecule has 0 spiro atoms. The highest BCUT2D eigenvalue weighted by Gasteiger charge is 2.17. The molecule has 1 unspecified atom stereocenters. The van der Waals surface area contributed by atoms with Crippen LogP contribution in [-0.2, 0) is 10.0 Å². The molecule has 0 saturated carbocycles. The Hall–Kier alpha value is -1.02. The molecule has 0 aliphatic heterocycles. The molecule has 1 rings (SSSR count). The number of sulfonamides is 1. The number of hydrogen-bond acceptors (Lipinski definition) is 5. The summed E-state index contributed by atoms with van der Waals surface area (Å²) in [5.41, 5.74) is 0. The molecule has 11 heavy (non-hydrogen) atoms. The maximum Gasteiger partial charge on any atom is 0.232 e. The molecule has 0 saturated heterocycles. The Balaban J connectivity index is 2.97. The Bertz CT molecular complexity index is 316. The van der Waals surface area contributed by atoms with E-state index in [4.69, 9.17) is 5.14 Å². The number of nitrogens with zero attached hydrogens (tertiary/aromatic N) is 4. The molecule has 0 aromatic carbocycles. The molecule has 0 aliphatic carbocycles. The van der Waals surface area contributed by atoms with Crippen LogP contribution >= 0.6 is 0 Å². The molecule has 1 heterocycles. The number of aromatic nitrogens is 4. The summed E-state index contributed by atoms with van der Waals surface area (Å²) < 4.78 is 22.4. The van der Waals surface area contributed by atoms with Gasteiger partial charge in [-0.15, -0.1) is 5.10 Å². The molecule has 1 atom stereocenters. The molecule has 0 radical (unpaired) electrons. The first-order valence-electron chi connectivity index (χ1n) is 2.76. The van der Waals surface area contributed by atoms with Crippen LogP contribution < -0.4 is 5.14 Å². The van der Waals surface area contributed by atoms with Gasteiger partial charge in [-0.25, -0.2) is 18.2 Å². The van der Waals surface area contributed by atoms with Gasteiger partial charge >= 0.3 is 0 Å². The molecular weight excluding hydrogens is 170 g/mol. The van der Waals surface area contributed by atoms with Gasteiger partial charge in [0.15, 0.2) is 5.37 Å². The van der Waals surface area contributed by atoms with Crippen molar-refractivity contribution in [2.24, 2.45) is 5.14 Å². The first-order valence-corrected chi connectivity index (χ1v) is 4.37. The van der Waals surface area contributed by atoms with E-state index in [1.54, 1.807) is 0 Å². The summed E-state index contributed by atoms with van der Waals surface area (Å²) in [6.07, 6.45) is 1.19. The topological polar surface area (TPSA) is 104 Å². The minimum absolute atomic E-state index is 0.919. The van der Waals surface area contributed by atoms with Crippen molar-refractivity contribution in [3.8, 4) is 0 Å². The van der Waals surface area contributed by atoms with Crippen LogP contribution in [0.3, 0.4) is 0 Å². The second kappa shape index (κ2) is 2.55. The van der Waals surface area contributed by atoms with Crippen molar-refractivity contribution in [2.45, 2.75) is 12.3 Å². The van der Waals surface area contributed by atoms with Crippen LogP contribution in [0.25, 0.3) is 0 Å². The standard InChI is InChI=1S/C3H7N5O2S/c1-3(11(4,9)10)8-2-5-6-7-8/h2-3H,1H3,(H2,4,9,10). The summed E-state index contributed by atoms with van der Waals surface area (Å²) in [7, 11) is -3.61. The van der Waals surface area contributed by atoms with Crippen LogP contribution in [-0.4, -0.2) is 28.6 Å². The quantitative estimate of drug-likeness (QED) is 0.590. The molecule has 0 bridgehead atoms. The van der Waals surface area contributed by atoms with E-state index in [0.717, 1.165) is 4.68 Å². The summed E-state index contributed by atoms with van der Waals surface area (Å²) in [5.74, 6) is 0. The normalized spacial score (nSPS) is 14.7. The SMILES string of the molecule is CC(n1cnnn1)S(N)(=O)=O. The second-order valence-electron chi connectivity index (χ2n) is 1.98. The number of hydrogen-bond donors (Lipinski definition) is 1. The summed E-state index contributed by atoms with van der Waals surface area (Å²) in [5, 5.41) is 13.8. The lowest BCUT2D eigenvalue weighted by molar-refractivity contribution is 0.531. The Kier molecular flexibility index (Phi) is 1.87. The van der Waals surface area contributed by atoms with Crippen molar-refractivity contribution in [3.63, 3.8) is 0 Å². The fraction of sp³-hybridized carbons (Fsp3) is 0.667. The highest BCUT2D eigenvalue weighted by molar-refractivity contribution is 7.89. The number of rotatable bonds is 2. The summed E-state index contributed by atoms with van der Waals surface area (Å²) in [6.45, 7) is 1.39. The fourth-order valence-corrected chi connectivity index (χ4v) is 0.883. The van der Waals surface area contributed by atoms with Gasteiger partial charge in [-0.1, -0.05) is 0 Å².